The Kier molecular flexibility index (Phi) is 7.39. The summed E-state index contributed by atoms with van der Waals surface area (Å²) in [5.41, 5.74) is 4.70. The summed E-state index contributed by atoms with van der Waals surface area (Å²) in [6.07, 6.45) is 8.43. The van der Waals surface area contributed by atoms with E-state index in [9.17, 15) is 10.1 Å². The number of aromatic amines is 1. The highest BCUT2D eigenvalue weighted by atomic mass is 35.5. The number of hydrogen-bond donors (Lipinski definition) is 1. The number of H-pyrrole nitrogens is 1. The van der Waals surface area contributed by atoms with Gasteiger partial charge in [-0.25, -0.2) is 4.98 Å². The summed E-state index contributed by atoms with van der Waals surface area (Å²) in [4.78, 5) is 24.0. The molecule has 1 fully saturated rings. The largest absolute Gasteiger partial charge is 0.346 e. The lowest BCUT2D eigenvalue weighted by atomic mass is 9.83. The number of nitriles is 1. The first-order valence-corrected chi connectivity index (χ1v) is 13.6. The predicted octanol–water partition coefficient (Wildman–Crippen LogP) is 5.74. The molecule has 6 rings (SSSR count). The highest BCUT2D eigenvalue weighted by Gasteiger charge is 2.37. The molecule has 5 aromatic rings. The monoisotopic (exact) mass is 560 g/mol. The average molecular weight is 561 g/mol. The highest BCUT2D eigenvalue weighted by molar-refractivity contribution is 6.30. The zero-order valence-corrected chi connectivity index (χ0v) is 22.7. The van der Waals surface area contributed by atoms with Gasteiger partial charge in [-0.15, -0.1) is 5.10 Å². The van der Waals surface area contributed by atoms with Crippen molar-refractivity contribution in [3.63, 3.8) is 0 Å². The van der Waals surface area contributed by atoms with Crippen LogP contribution in [0.5, 0.6) is 0 Å². The SMILES string of the molecule is N#Cc1cccc(-c2c[nH]c(C3C(c4ccccc4)CCCN3C(=O)C=Cc3cc(Cl)ccc3-n3cnnn3)n2)c1. The van der Waals surface area contributed by atoms with Gasteiger partial charge in [-0.1, -0.05) is 54.1 Å². The molecule has 9 nitrogen and oxygen atoms in total. The number of tetrazole rings is 1. The molecule has 3 heterocycles. The van der Waals surface area contributed by atoms with Crippen molar-refractivity contribution in [2.24, 2.45) is 0 Å². The summed E-state index contributed by atoms with van der Waals surface area (Å²) >= 11 is 6.28. The highest BCUT2D eigenvalue weighted by Crippen LogP contribution is 2.42. The summed E-state index contributed by atoms with van der Waals surface area (Å²) in [6.45, 7) is 0.590. The molecule has 0 saturated carbocycles. The lowest BCUT2D eigenvalue weighted by Gasteiger charge is -2.40. The van der Waals surface area contributed by atoms with Gasteiger partial charge >= 0.3 is 0 Å². The van der Waals surface area contributed by atoms with Crippen LogP contribution in [0.4, 0.5) is 0 Å². The second-order valence-electron chi connectivity index (χ2n) is 9.79. The smallest absolute Gasteiger partial charge is 0.247 e. The molecule has 2 atom stereocenters. The summed E-state index contributed by atoms with van der Waals surface area (Å²) in [6, 6.07) is 24.8. The van der Waals surface area contributed by atoms with Crippen molar-refractivity contribution >= 4 is 23.6 Å². The van der Waals surface area contributed by atoms with Gasteiger partial charge in [0.15, 0.2) is 0 Å². The van der Waals surface area contributed by atoms with Gasteiger partial charge in [0, 0.05) is 40.9 Å². The number of likely N-dealkylation sites (tertiary alicyclic amines) is 1. The zero-order valence-electron chi connectivity index (χ0n) is 21.9. The summed E-state index contributed by atoms with van der Waals surface area (Å²) in [5, 5.41) is 21.3. The molecular formula is C31H25ClN8O. The normalized spacial score (nSPS) is 17.0. The van der Waals surface area contributed by atoms with Crippen molar-refractivity contribution in [3.05, 3.63) is 119 Å². The van der Waals surface area contributed by atoms with E-state index in [1.807, 2.05) is 53.6 Å². The Morgan fingerprint density at radius 2 is 1.98 bits per heavy atom. The first kappa shape index (κ1) is 26.2. The average Bonchev–Trinajstić information content (AvgIpc) is 3.73. The van der Waals surface area contributed by atoms with Crippen LogP contribution in [0.15, 0.2) is 91.4 Å². The van der Waals surface area contributed by atoms with Crippen LogP contribution in [0, 0.1) is 11.3 Å². The van der Waals surface area contributed by atoms with Crippen molar-refractivity contribution < 1.29 is 4.79 Å². The molecule has 1 saturated heterocycles. The number of piperidine rings is 1. The fourth-order valence-corrected chi connectivity index (χ4v) is 5.59. The maximum Gasteiger partial charge on any atom is 0.247 e. The molecule has 41 heavy (non-hydrogen) atoms. The molecule has 0 bridgehead atoms. The minimum absolute atomic E-state index is 0.0506. The Labute approximate surface area is 241 Å². The van der Waals surface area contributed by atoms with Crippen LogP contribution in [0.25, 0.3) is 23.0 Å². The molecule has 0 aliphatic carbocycles. The van der Waals surface area contributed by atoms with Crippen molar-refractivity contribution in [2.75, 3.05) is 6.54 Å². The van der Waals surface area contributed by atoms with E-state index < -0.39 is 0 Å². The van der Waals surface area contributed by atoms with Gasteiger partial charge in [-0.3, -0.25) is 4.79 Å². The van der Waals surface area contributed by atoms with Crippen LogP contribution in [-0.2, 0) is 4.79 Å². The van der Waals surface area contributed by atoms with E-state index in [2.05, 4.69) is 38.7 Å². The number of halogens is 1. The fraction of sp³-hybridized carbons (Fsp3) is 0.161. The molecule has 1 aliphatic heterocycles. The zero-order chi connectivity index (χ0) is 28.2. The standard InChI is InChI=1S/C31H25ClN8O/c32-25-12-13-28(40-20-35-37-38-40)24(17-25)11-14-29(41)39-15-5-10-26(22-7-2-1-3-8-22)30(39)31-34-19-27(36-31)23-9-4-6-21(16-23)18-33/h1-4,6-9,11-14,16-17,19-20,26,30H,5,10,15H2,(H,34,36). The van der Waals surface area contributed by atoms with Crippen LogP contribution in [0.2, 0.25) is 5.02 Å². The molecule has 3 aromatic carbocycles. The van der Waals surface area contributed by atoms with Crippen LogP contribution >= 0.6 is 11.6 Å². The molecule has 1 N–H and O–H groups in total. The number of imidazole rings is 1. The molecule has 202 valence electrons. The Balaban J connectivity index is 1.36. The minimum atomic E-state index is -0.311. The van der Waals surface area contributed by atoms with E-state index >= 15 is 0 Å². The third-order valence-electron chi connectivity index (χ3n) is 7.30. The van der Waals surface area contributed by atoms with Crippen LogP contribution in [0.1, 0.15) is 47.3 Å². The van der Waals surface area contributed by atoms with E-state index in [0.717, 1.165) is 29.7 Å². The second kappa shape index (κ2) is 11.6. The van der Waals surface area contributed by atoms with Gasteiger partial charge in [0.05, 0.1) is 29.1 Å². The summed E-state index contributed by atoms with van der Waals surface area (Å²) in [7, 11) is 0. The van der Waals surface area contributed by atoms with Gasteiger partial charge in [0.2, 0.25) is 5.91 Å². The predicted molar refractivity (Wildman–Crippen MR) is 155 cm³/mol. The lowest BCUT2D eigenvalue weighted by molar-refractivity contribution is -0.130. The number of aromatic nitrogens is 6. The van der Waals surface area contributed by atoms with Crippen LogP contribution < -0.4 is 0 Å². The van der Waals surface area contributed by atoms with Gasteiger partial charge in [0.25, 0.3) is 0 Å². The summed E-state index contributed by atoms with van der Waals surface area (Å²) < 4.78 is 1.53. The van der Waals surface area contributed by atoms with Gasteiger partial charge in [0.1, 0.15) is 12.2 Å². The molecule has 10 heteroatoms. The van der Waals surface area contributed by atoms with Crippen molar-refractivity contribution in [1.29, 1.82) is 5.26 Å². The molecule has 1 aliphatic rings. The quantitative estimate of drug-likeness (QED) is 0.265. The second-order valence-corrected chi connectivity index (χ2v) is 10.2. The van der Waals surface area contributed by atoms with Crippen LogP contribution in [-0.4, -0.2) is 47.5 Å². The van der Waals surface area contributed by atoms with Gasteiger partial charge in [-0.2, -0.15) is 9.94 Å². The number of carbonyl (C=O) groups is 1. The fourth-order valence-electron chi connectivity index (χ4n) is 5.41. The molecular weight excluding hydrogens is 536 g/mol. The number of benzene rings is 3. The number of rotatable bonds is 6. The first-order chi connectivity index (χ1) is 20.1. The molecule has 0 spiro atoms. The Morgan fingerprint density at radius 3 is 2.78 bits per heavy atom. The van der Waals surface area contributed by atoms with Gasteiger partial charge < -0.3 is 9.88 Å². The van der Waals surface area contributed by atoms with Crippen molar-refractivity contribution in [1.82, 2.24) is 35.1 Å². The van der Waals surface area contributed by atoms with E-state index in [-0.39, 0.29) is 17.9 Å². The topological polar surface area (TPSA) is 116 Å². The van der Waals surface area contributed by atoms with Gasteiger partial charge in [-0.05, 0) is 65.2 Å². The maximum atomic E-state index is 13.9. The number of amides is 1. The Bertz CT molecular complexity index is 1740. The molecule has 2 aromatic heterocycles. The van der Waals surface area contributed by atoms with E-state index in [1.54, 1.807) is 30.4 Å². The minimum Gasteiger partial charge on any atom is -0.346 e. The van der Waals surface area contributed by atoms with Crippen molar-refractivity contribution in [2.45, 2.75) is 24.8 Å². The van der Waals surface area contributed by atoms with E-state index in [1.165, 1.54) is 11.0 Å². The molecule has 2 unspecified atom stereocenters. The number of nitrogens with one attached hydrogen (secondary N) is 1. The third kappa shape index (κ3) is 5.51. The molecule has 0 radical (unpaired) electrons. The van der Waals surface area contributed by atoms with E-state index in [4.69, 9.17) is 16.6 Å². The van der Waals surface area contributed by atoms with E-state index in [0.29, 0.717) is 34.2 Å². The number of carbonyl (C=O) groups excluding carboxylic acids is 1. The maximum absolute atomic E-state index is 13.9. The Hall–Kier alpha value is -5.07. The lowest BCUT2D eigenvalue weighted by Crippen LogP contribution is -2.41. The van der Waals surface area contributed by atoms with Crippen molar-refractivity contribution in [3.8, 4) is 23.0 Å². The Morgan fingerprint density at radius 1 is 1.10 bits per heavy atom. The number of hydrogen-bond acceptors (Lipinski definition) is 6. The first-order valence-electron chi connectivity index (χ1n) is 13.2. The molecule has 1 amide bonds. The number of nitrogens with zero attached hydrogens (tertiary/aromatic N) is 7. The van der Waals surface area contributed by atoms with Crippen LogP contribution in [0.3, 0.4) is 0 Å². The third-order valence-corrected chi connectivity index (χ3v) is 7.53. The summed E-state index contributed by atoms with van der Waals surface area (Å²) in [5.74, 6) is 0.618.